The normalized spacial score (nSPS) is 18.3. The molecule has 0 aromatic carbocycles. The first kappa shape index (κ1) is 11.7. The Labute approximate surface area is 112 Å². The Morgan fingerprint density at radius 1 is 1.56 bits per heavy atom. The minimum atomic E-state index is -0.916. The van der Waals surface area contributed by atoms with E-state index in [4.69, 9.17) is 5.11 Å². The molecule has 4 nitrogen and oxygen atoms in total. The molecule has 18 heavy (non-hydrogen) atoms. The molecule has 1 atom stereocenters. The number of aromatic carboxylic acids is 1. The van der Waals surface area contributed by atoms with Gasteiger partial charge in [0.05, 0.1) is 12.2 Å². The average Bonchev–Trinajstić information content (AvgIpc) is 2.97. The summed E-state index contributed by atoms with van der Waals surface area (Å²) in [6, 6.07) is 2.43. The van der Waals surface area contributed by atoms with E-state index in [0.717, 1.165) is 12.8 Å². The van der Waals surface area contributed by atoms with E-state index in [1.165, 1.54) is 34.4 Å². The van der Waals surface area contributed by atoms with Crippen LogP contribution >= 0.6 is 22.7 Å². The lowest BCUT2D eigenvalue weighted by atomic mass is 9.94. The Morgan fingerprint density at radius 3 is 3.22 bits per heavy atom. The molecule has 0 radical (unpaired) electrons. The van der Waals surface area contributed by atoms with Gasteiger partial charge in [0.1, 0.15) is 4.88 Å². The standard InChI is InChI=1S/C12H12N2O2S2/c15-11(16)10-6-13-12(18-10)14-8-2-1-3-9-7(8)4-5-17-9/h4-6,8H,1-3H2,(H,13,14)(H,15,16). The molecular weight excluding hydrogens is 268 g/mol. The zero-order valence-electron chi connectivity index (χ0n) is 9.55. The van der Waals surface area contributed by atoms with Gasteiger partial charge in [0.25, 0.3) is 0 Å². The topological polar surface area (TPSA) is 62.2 Å². The summed E-state index contributed by atoms with van der Waals surface area (Å²) in [6.45, 7) is 0. The van der Waals surface area contributed by atoms with Crippen LogP contribution in [0.1, 0.15) is 39.0 Å². The molecule has 0 bridgehead atoms. The minimum absolute atomic E-state index is 0.271. The van der Waals surface area contributed by atoms with Crippen molar-refractivity contribution in [1.29, 1.82) is 0 Å². The van der Waals surface area contributed by atoms with Gasteiger partial charge < -0.3 is 10.4 Å². The van der Waals surface area contributed by atoms with Gasteiger partial charge in [-0.2, -0.15) is 0 Å². The summed E-state index contributed by atoms with van der Waals surface area (Å²) >= 11 is 2.99. The maximum Gasteiger partial charge on any atom is 0.347 e. The second-order valence-electron chi connectivity index (χ2n) is 4.22. The molecule has 0 saturated carbocycles. The number of aryl methyl sites for hydroxylation is 1. The van der Waals surface area contributed by atoms with Crippen LogP contribution in [0.3, 0.4) is 0 Å². The summed E-state index contributed by atoms with van der Waals surface area (Å²) < 4.78 is 0. The van der Waals surface area contributed by atoms with Gasteiger partial charge in [-0.1, -0.05) is 11.3 Å². The van der Waals surface area contributed by atoms with Gasteiger partial charge in [0.15, 0.2) is 5.13 Å². The molecule has 2 aromatic heterocycles. The van der Waals surface area contributed by atoms with E-state index in [-0.39, 0.29) is 10.9 Å². The van der Waals surface area contributed by atoms with E-state index in [1.54, 1.807) is 11.3 Å². The van der Waals surface area contributed by atoms with Gasteiger partial charge in [-0.15, -0.1) is 11.3 Å². The Balaban J connectivity index is 1.79. The molecule has 2 heterocycles. The second-order valence-corrected chi connectivity index (χ2v) is 6.25. The minimum Gasteiger partial charge on any atom is -0.477 e. The molecule has 6 heteroatoms. The smallest absolute Gasteiger partial charge is 0.347 e. The van der Waals surface area contributed by atoms with E-state index in [0.29, 0.717) is 5.13 Å². The highest BCUT2D eigenvalue weighted by Crippen LogP contribution is 2.36. The predicted molar refractivity (Wildman–Crippen MR) is 72.7 cm³/mol. The Hall–Kier alpha value is -1.40. The average molecular weight is 280 g/mol. The Bertz CT molecular complexity index is 576. The van der Waals surface area contributed by atoms with Gasteiger partial charge in [0, 0.05) is 4.88 Å². The first-order valence-electron chi connectivity index (χ1n) is 5.76. The molecule has 0 amide bonds. The second kappa shape index (κ2) is 4.70. The number of carboxylic acid groups (broad SMARTS) is 1. The lowest BCUT2D eigenvalue weighted by Crippen LogP contribution is -2.15. The fraction of sp³-hybridized carbons (Fsp3) is 0.333. The first-order chi connectivity index (χ1) is 8.74. The summed E-state index contributed by atoms with van der Waals surface area (Å²) in [4.78, 5) is 16.6. The van der Waals surface area contributed by atoms with Crippen molar-refractivity contribution in [3.63, 3.8) is 0 Å². The maximum atomic E-state index is 10.8. The van der Waals surface area contributed by atoms with Crippen LogP contribution < -0.4 is 5.32 Å². The van der Waals surface area contributed by atoms with Crippen LogP contribution in [0.5, 0.6) is 0 Å². The van der Waals surface area contributed by atoms with Gasteiger partial charge in [-0.25, -0.2) is 9.78 Å². The molecule has 2 aromatic rings. The largest absolute Gasteiger partial charge is 0.477 e. The third kappa shape index (κ3) is 2.13. The number of hydrogen-bond acceptors (Lipinski definition) is 5. The number of rotatable bonds is 3. The molecule has 1 aliphatic rings. The SMILES string of the molecule is O=C(O)c1cnc(NC2CCCc3sccc32)s1. The van der Waals surface area contributed by atoms with Gasteiger partial charge >= 0.3 is 5.97 Å². The Morgan fingerprint density at radius 2 is 2.44 bits per heavy atom. The van der Waals surface area contributed by atoms with E-state index >= 15 is 0 Å². The van der Waals surface area contributed by atoms with Crippen LogP contribution in [0, 0.1) is 0 Å². The van der Waals surface area contributed by atoms with Crippen molar-refractivity contribution in [1.82, 2.24) is 4.98 Å². The van der Waals surface area contributed by atoms with E-state index in [2.05, 4.69) is 21.7 Å². The first-order valence-corrected chi connectivity index (χ1v) is 7.45. The van der Waals surface area contributed by atoms with Crippen molar-refractivity contribution >= 4 is 33.8 Å². The molecule has 3 rings (SSSR count). The number of thiophene rings is 1. The monoisotopic (exact) mass is 280 g/mol. The van der Waals surface area contributed by atoms with Crippen LogP contribution in [0.4, 0.5) is 5.13 Å². The van der Waals surface area contributed by atoms with Crippen molar-refractivity contribution < 1.29 is 9.90 Å². The number of hydrogen-bond donors (Lipinski definition) is 2. The summed E-state index contributed by atoms with van der Waals surface area (Å²) in [5.41, 5.74) is 1.35. The summed E-state index contributed by atoms with van der Waals surface area (Å²) in [7, 11) is 0. The number of nitrogens with zero attached hydrogens (tertiary/aromatic N) is 1. The third-order valence-electron chi connectivity index (χ3n) is 3.07. The zero-order chi connectivity index (χ0) is 12.5. The van der Waals surface area contributed by atoms with Crippen LogP contribution in [-0.4, -0.2) is 16.1 Å². The number of carbonyl (C=O) groups is 1. The van der Waals surface area contributed by atoms with Gasteiger partial charge in [-0.3, -0.25) is 0 Å². The predicted octanol–water partition coefficient (Wildman–Crippen LogP) is 3.39. The summed E-state index contributed by atoms with van der Waals surface area (Å²) in [5, 5.41) is 15.0. The van der Waals surface area contributed by atoms with E-state index < -0.39 is 5.97 Å². The zero-order valence-corrected chi connectivity index (χ0v) is 11.2. The molecule has 0 spiro atoms. The summed E-state index contributed by atoms with van der Waals surface area (Å²) in [5.74, 6) is -0.916. The third-order valence-corrected chi connectivity index (χ3v) is 4.98. The maximum absolute atomic E-state index is 10.8. The fourth-order valence-corrected chi connectivity index (χ4v) is 3.92. The van der Waals surface area contributed by atoms with Crippen LogP contribution in [0.15, 0.2) is 17.6 Å². The highest BCUT2D eigenvalue weighted by molar-refractivity contribution is 7.17. The molecule has 1 unspecified atom stereocenters. The molecule has 0 saturated heterocycles. The molecule has 0 fully saturated rings. The number of carboxylic acids is 1. The molecule has 0 aliphatic heterocycles. The fourth-order valence-electron chi connectivity index (χ4n) is 2.23. The van der Waals surface area contributed by atoms with Crippen LogP contribution in [0.25, 0.3) is 0 Å². The van der Waals surface area contributed by atoms with E-state index in [9.17, 15) is 4.79 Å². The highest BCUT2D eigenvalue weighted by atomic mass is 32.1. The van der Waals surface area contributed by atoms with Crippen molar-refractivity contribution in [2.75, 3.05) is 5.32 Å². The van der Waals surface area contributed by atoms with Crippen molar-refractivity contribution in [3.8, 4) is 0 Å². The number of thiazole rings is 1. The number of nitrogens with one attached hydrogen (secondary N) is 1. The van der Waals surface area contributed by atoms with Crippen molar-refractivity contribution in [2.45, 2.75) is 25.3 Å². The van der Waals surface area contributed by atoms with Gasteiger partial charge in [0.2, 0.25) is 0 Å². The molecule has 1 aliphatic carbocycles. The van der Waals surface area contributed by atoms with E-state index in [1.807, 2.05) is 0 Å². The lowest BCUT2D eigenvalue weighted by molar-refractivity contribution is 0.0702. The van der Waals surface area contributed by atoms with Crippen LogP contribution in [-0.2, 0) is 6.42 Å². The van der Waals surface area contributed by atoms with Crippen molar-refractivity contribution in [3.05, 3.63) is 33.0 Å². The summed E-state index contributed by atoms with van der Waals surface area (Å²) in [6.07, 6.45) is 4.81. The Kier molecular flexibility index (Phi) is 3.05. The molecular formula is C12H12N2O2S2. The van der Waals surface area contributed by atoms with Crippen molar-refractivity contribution in [2.24, 2.45) is 0 Å². The quantitative estimate of drug-likeness (QED) is 0.904. The molecule has 2 N–H and O–H groups in total. The number of aromatic nitrogens is 1. The number of fused-ring (bicyclic) bond motifs is 1. The lowest BCUT2D eigenvalue weighted by Gasteiger charge is -2.23. The number of anilines is 1. The highest BCUT2D eigenvalue weighted by Gasteiger charge is 2.22. The van der Waals surface area contributed by atoms with Gasteiger partial charge in [-0.05, 0) is 36.3 Å². The molecule has 94 valence electrons. The van der Waals surface area contributed by atoms with Crippen LogP contribution in [0.2, 0.25) is 0 Å².